The summed E-state index contributed by atoms with van der Waals surface area (Å²) in [5, 5.41) is 4.50. The molecule has 0 bridgehead atoms. The van der Waals surface area contributed by atoms with Crippen LogP contribution < -0.4 is 10.1 Å². The number of hydrogen-bond donors (Lipinski definition) is 2. The third-order valence-corrected chi connectivity index (χ3v) is 11.1. The number of carbonyl (C=O) groups excluding carboxylic acids is 2. The van der Waals surface area contributed by atoms with E-state index in [-0.39, 0.29) is 24.1 Å². The van der Waals surface area contributed by atoms with Crippen molar-refractivity contribution in [2.24, 2.45) is 5.92 Å². The molecule has 5 heterocycles. The Kier molecular flexibility index (Phi) is 7.52. The summed E-state index contributed by atoms with van der Waals surface area (Å²) in [6, 6.07) is 18.1. The maximum Gasteiger partial charge on any atom is 0.407 e. The van der Waals surface area contributed by atoms with E-state index in [1.807, 2.05) is 48.4 Å². The molecular weight excluding hydrogens is 634 g/mol. The number of nitrogens with zero attached hydrogens (tertiary/aromatic N) is 3. The minimum Gasteiger partial charge on any atom is -0.464 e. The largest absolute Gasteiger partial charge is 0.464 e. The summed E-state index contributed by atoms with van der Waals surface area (Å²) >= 11 is 8.25. The number of aromatic amines is 1. The van der Waals surface area contributed by atoms with E-state index in [0.717, 1.165) is 57.8 Å². The lowest BCUT2D eigenvalue weighted by Gasteiger charge is -2.30. The van der Waals surface area contributed by atoms with Crippen molar-refractivity contribution in [3.63, 3.8) is 0 Å². The molecule has 3 aliphatic rings. The van der Waals surface area contributed by atoms with E-state index >= 15 is 0 Å². The van der Waals surface area contributed by atoms with Gasteiger partial charge in [0, 0.05) is 33.0 Å². The molecule has 2 unspecified atom stereocenters. The number of fused-ring (bicyclic) bond motifs is 5. The number of hydrogen-bond acceptors (Lipinski definition) is 6. The number of halogens is 1. The van der Waals surface area contributed by atoms with Gasteiger partial charge in [-0.1, -0.05) is 31.5 Å². The molecule has 47 heavy (non-hydrogen) atoms. The van der Waals surface area contributed by atoms with Crippen molar-refractivity contribution in [1.82, 2.24) is 24.8 Å². The van der Waals surface area contributed by atoms with Crippen LogP contribution in [0.1, 0.15) is 73.3 Å². The Hall–Kier alpha value is -4.28. The molecule has 2 fully saturated rings. The van der Waals surface area contributed by atoms with Crippen molar-refractivity contribution < 1.29 is 19.1 Å². The number of likely N-dealkylation sites (tertiary alicyclic amines) is 1. The van der Waals surface area contributed by atoms with Crippen LogP contribution >= 0.6 is 22.9 Å². The lowest BCUT2D eigenvalue weighted by Crippen LogP contribution is -2.51. The second kappa shape index (κ2) is 11.8. The van der Waals surface area contributed by atoms with Crippen LogP contribution in [0.15, 0.2) is 60.8 Å². The highest BCUT2D eigenvalue weighted by Crippen LogP contribution is 2.49. The summed E-state index contributed by atoms with van der Waals surface area (Å²) in [6.07, 6.45) is 5.07. The zero-order chi connectivity index (χ0) is 32.4. The van der Waals surface area contributed by atoms with Gasteiger partial charge in [0.25, 0.3) is 0 Å². The van der Waals surface area contributed by atoms with Crippen molar-refractivity contribution >= 4 is 45.8 Å². The van der Waals surface area contributed by atoms with Crippen LogP contribution in [0.5, 0.6) is 5.75 Å². The van der Waals surface area contributed by atoms with Crippen LogP contribution in [-0.2, 0) is 9.53 Å². The fourth-order valence-electron chi connectivity index (χ4n) is 6.96. The zero-order valence-electron chi connectivity index (χ0n) is 26.5. The molecule has 5 aromatic rings. The van der Waals surface area contributed by atoms with Gasteiger partial charge >= 0.3 is 6.09 Å². The van der Waals surface area contributed by atoms with Crippen molar-refractivity contribution in [2.75, 3.05) is 13.7 Å². The number of nitrogens with one attached hydrogen (secondary N) is 2. The molecule has 3 atom stereocenters. The molecular formula is C36H36ClN5O4S. The van der Waals surface area contributed by atoms with E-state index in [1.54, 1.807) is 0 Å². The van der Waals surface area contributed by atoms with Crippen molar-refractivity contribution in [2.45, 2.75) is 63.8 Å². The minimum absolute atomic E-state index is 0.0977. The van der Waals surface area contributed by atoms with Crippen LogP contribution in [0.4, 0.5) is 4.79 Å². The van der Waals surface area contributed by atoms with Gasteiger partial charge in [-0.2, -0.15) is 0 Å². The Balaban J connectivity index is 1.12. The number of rotatable bonds is 7. The molecule has 3 aromatic heterocycles. The van der Waals surface area contributed by atoms with Crippen molar-refractivity contribution in [3.05, 3.63) is 81.4 Å². The number of benzene rings is 2. The first kappa shape index (κ1) is 30.1. The second-order valence-electron chi connectivity index (χ2n) is 13.0. The van der Waals surface area contributed by atoms with E-state index in [1.165, 1.54) is 29.7 Å². The van der Waals surface area contributed by atoms with Gasteiger partial charge in [0.1, 0.15) is 17.6 Å². The topological polar surface area (TPSA) is 101 Å². The number of methoxy groups -OCH3 is 1. The molecule has 1 aliphatic carbocycles. The summed E-state index contributed by atoms with van der Waals surface area (Å²) in [6.45, 7) is 4.43. The van der Waals surface area contributed by atoms with E-state index in [0.29, 0.717) is 17.5 Å². The fraction of sp³-hybridized carbons (Fsp3) is 0.361. The average molecular weight is 670 g/mol. The molecule has 9 nitrogen and oxygen atoms in total. The summed E-state index contributed by atoms with van der Waals surface area (Å²) < 4.78 is 13.9. The van der Waals surface area contributed by atoms with Crippen LogP contribution in [0.3, 0.4) is 0 Å². The summed E-state index contributed by atoms with van der Waals surface area (Å²) in [4.78, 5) is 38.3. The van der Waals surface area contributed by atoms with Gasteiger partial charge in [0.05, 0.1) is 41.1 Å². The molecule has 2 aliphatic heterocycles. The van der Waals surface area contributed by atoms with Crippen molar-refractivity contribution in [1.29, 1.82) is 0 Å². The van der Waals surface area contributed by atoms with E-state index in [4.69, 9.17) is 26.1 Å². The Labute approximate surface area is 281 Å². The number of carbonyl (C=O) groups is 2. The van der Waals surface area contributed by atoms with Gasteiger partial charge in [-0.25, -0.2) is 9.78 Å². The van der Waals surface area contributed by atoms with Gasteiger partial charge in [-0.05, 0) is 86.1 Å². The molecule has 1 saturated heterocycles. The zero-order valence-corrected chi connectivity index (χ0v) is 28.0. The highest BCUT2D eigenvalue weighted by Gasteiger charge is 2.38. The van der Waals surface area contributed by atoms with Crippen molar-refractivity contribution in [3.8, 4) is 28.3 Å². The normalized spacial score (nSPS) is 19.4. The maximum atomic E-state index is 13.6. The van der Waals surface area contributed by atoms with Gasteiger partial charge < -0.3 is 24.7 Å². The number of aromatic nitrogens is 3. The highest BCUT2D eigenvalue weighted by molar-refractivity contribution is 7.12. The number of H-pyrrole nitrogens is 1. The molecule has 0 radical (unpaired) electrons. The first-order chi connectivity index (χ1) is 22.8. The molecule has 8 rings (SSSR count). The molecule has 0 spiro atoms. The predicted octanol–water partition coefficient (Wildman–Crippen LogP) is 8.27. The molecule has 2 amide bonds. The van der Waals surface area contributed by atoms with Crippen LogP contribution in [0.25, 0.3) is 33.4 Å². The highest BCUT2D eigenvalue weighted by atomic mass is 35.5. The minimum atomic E-state index is -0.682. The van der Waals surface area contributed by atoms with Crippen LogP contribution in [-0.4, -0.2) is 51.1 Å². The Morgan fingerprint density at radius 2 is 1.91 bits per heavy atom. The van der Waals surface area contributed by atoms with E-state index in [2.05, 4.69) is 57.3 Å². The average Bonchev–Trinajstić information content (AvgIpc) is 3.48. The van der Waals surface area contributed by atoms with Crippen LogP contribution in [0.2, 0.25) is 5.02 Å². The van der Waals surface area contributed by atoms with Crippen LogP contribution in [0, 0.1) is 5.92 Å². The first-order valence-electron chi connectivity index (χ1n) is 16.2. The number of imidazole rings is 1. The predicted molar refractivity (Wildman–Crippen MR) is 183 cm³/mol. The van der Waals surface area contributed by atoms with E-state index in [9.17, 15) is 9.59 Å². The quantitative estimate of drug-likeness (QED) is 0.182. The molecule has 2 N–H and O–H groups in total. The number of thiophene rings is 1. The molecule has 1 saturated carbocycles. The smallest absolute Gasteiger partial charge is 0.407 e. The summed E-state index contributed by atoms with van der Waals surface area (Å²) in [5.41, 5.74) is 4.98. The lowest BCUT2D eigenvalue weighted by atomic mass is 10.0. The number of amides is 2. The monoisotopic (exact) mass is 669 g/mol. The maximum absolute atomic E-state index is 13.6. The fourth-order valence-corrected chi connectivity index (χ4v) is 8.34. The van der Waals surface area contributed by atoms with Gasteiger partial charge in [-0.15, -0.1) is 11.3 Å². The first-order valence-corrected chi connectivity index (χ1v) is 17.4. The summed E-state index contributed by atoms with van der Waals surface area (Å²) in [5.74, 6) is 1.98. The third kappa shape index (κ3) is 5.37. The summed E-state index contributed by atoms with van der Waals surface area (Å²) in [7, 11) is 1.30. The molecule has 11 heteroatoms. The third-order valence-electron chi connectivity index (χ3n) is 9.55. The Morgan fingerprint density at radius 1 is 1.09 bits per heavy atom. The number of alkyl carbamates (subject to hydrolysis) is 1. The van der Waals surface area contributed by atoms with Gasteiger partial charge in [0.15, 0.2) is 0 Å². The van der Waals surface area contributed by atoms with Gasteiger partial charge in [0.2, 0.25) is 12.1 Å². The Bertz CT molecular complexity index is 2010. The molecule has 2 aromatic carbocycles. The number of ether oxygens (including phenoxy) is 2. The standard InChI is InChI=1S/C36H36ClN5O4S/c1-19(2)32(40-36(44)45-3)34(43)41-14-4-5-27(41)33-38-18-25(39-33)21-8-10-24-28-16-22-15-23(37)9-11-26(22)42(28)35(46-29(24)17-21)31-13-12-30(47-31)20-6-7-20/h8-13,15-20,27,32,35H,4-7,14H2,1-3H3,(H,38,39)(H,40,44)/t27-,32?,35?/m0/s1. The second-order valence-corrected chi connectivity index (χ2v) is 14.6. The van der Waals surface area contributed by atoms with Gasteiger partial charge in [-0.3, -0.25) is 9.36 Å². The Morgan fingerprint density at radius 3 is 2.70 bits per heavy atom. The lowest BCUT2D eigenvalue weighted by molar-refractivity contribution is -0.135. The molecule has 242 valence electrons. The van der Waals surface area contributed by atoms with E-state index < -0.39 is 12.1 Å². The SMILES string of the molecule is COC(=O)NC(C(=O)N1CCC[C@H]1c1ncc(-c2ccc3c(c2)OC(c2ccc(C4CC4)s2)n2c-3cc3cc(Cl)ccc32)[nH]1)C(C)C.